The molecule has 0 aliphatic heterocycles. The first-order valence-electron chi connectivity index (χ1n) is 17.6. The van der Waals surface area contributed by atoms with E-state index in [2.05, 4.69) is 27.7 Å². The van der Waals surface area contributed by atoms with Crippen LogP contribution < -0.4 is 0 Å². The predicted molar refractivity (Wildman–Crippen MR) is 162 cm³/mol. The molecular weight excluding hydrogens is 520 g/mol. The smallest absolute Gasteiger partial charge is 0.155 e. The van der Waals surface area contributed by atoms with E-state index in [1.165, 1.54) is 11.1 Å². The lowest BCUT2D eigenvalue weighted by Gasteiger charge is -2.59. The maximum Gasteiger partial charge on any atom is 0.155 e. The molecule has 0 amide bonds. The third-order valence-corrected chi connectivity index (χ3v) is 16.5. The van der Waals surface area contributed by atoms with Crippen LogP contribution in [-0.4, -0.2) is 28.1 Å². The molecule has 0 saturated heterocycles. The van der Waals surface area contributed by atoms with Gasteiger partial charge in [-0.25, -0.2) is 0 Å². The van der Waals surface area contributed by atoms with Gasteiger partial charge >= 0.3 is 0 Å². The number of hydrogen-bond donors (Lipinski definition) is 1. The molecule has 2 unspecified atom stereocenters. The normalized spacial score (nSPS) is 55.0. The molecule has 0 aromatic heterocycles. The molecule has 0 bridgehead atoms. The summed E-state index contributed by atoms with van der Waals surface area (Å²) in [5, 5.41) is 12.9. The van der Waals surface area contributed by atoms with Gasteiger partial charge in [-0.05, 0) is 142 Å². The summed E-state index contributed by atoms with van der Waals surface area (Å²) in [6.45, 7) is 9.49. The highest BCUT2D eigenvalue weighted by atomic mass is 16.3. The Morgan fingerprint density at radius 2 is 1.12 bits per heavy atom. The van der Waals surface area contributed by atoms with Gasteiger partial charge in [0.1, 0.15) is 5.78 Å². The van der Waals surface area contributed by atoms with Gasteiger partial charge in [0.2, 0.25) is 0 Å². The second kappa shape index (κ2) is 8.79. The minimum atomic E-state index is -0.907. The zero-order valence-corrected chi connectivity index (χ0v) is 26.5. The van der Waals surface area contributed by atoms with Crippen LogP contribution in [0.1, 0.15) is 124 Å². The molecular formula is C38H52O4. The molecule has 4 nitrogen and oxygen atoms in total. The van der Waals surface area contributed by atoms with Crippen LogP contribution in [0, 0.1) is 63.1 Å². The minimum Gasteiger partial charge on any atom is -0.389 e. The molecule has 0 radical (unpaired) electrons. The number of carbonyl (C=O) groups excluding carboxylic acids is 3. The van der Waals surface area contributed by atoms with Gasteiger partial charge in [0.05, 0.1) is 5.60 Å². The zero-order valence-electron chi connectivity index (χ0n) is 26.5. The van der Waals surface area contributed by atoms with Crippen LogP contribution in [0.4, 0.5) is 0 Å². The van der Waals surface area contributed by atoms with Gasteiger partial charge in [-0.2, -0.15) is 0 Å². The first-order chi connectivity index (χ1) is 19.8. The summed E-state index contributed by atoms with van der Waals surface area (Å²) in [6, 6.07) is 0. The maximum atomic E-state index is 14.6. The number of ketones is 3. The molecule has 4 heteroatoms. The molecule has 6 fully saturated rings. The van der Waals surface area contributed by atoms with E-state index in [0.717, 1.165) is 83.5 Å². The van der Waals surface area contributed by atoms with Gasteiger partial charge in [-0.3, -0.25) is 14.4 Å². The Morgan fingerprint density at radius 1 is 0.595 bits per heavy atom. The lowest BCUT2D eigenvalue weighted by Crippen LogP contribution is -2.58. The van der Waals surface area contributed by atoms with E-state index in [9.17, 15) is 19.5 Å². The molecule has 0 aromatic carbocycles. The fourth-order valence-corrected chi connectivity index (χ4v) is 14.0. The van der Waals surface area contributed by atoms with Crippen LogP contribution in [0.25, 0.3) is 0 Å². The lowest BCUT2D eigenvalue weighted by molar-refractivity contribution is -0.165. The molecule has 6 saturated carbocycles. The number of hydrogen-bond acceptors (Lipinski definition) is 4. The van der Waals surface area contributed by atoms with Crippen LogP contribution in [0.3, 0.4) is 0 Å². The van der Waals surface area contributed by atoms with Crippen molar-refractivity contribution in [2.75, 3.05) is 0 Å². The minimum absolute atomic E-state index is 0.104. The monoisotopic (exact) mass is 572 g/mol. The summed E-state index contributed by atoms with van der Waals surface area (Å²) in [6.07, 6.45) is 18.3. The SMILES string of the molecule is C[C@]12CCC(=O)C=C1CC[C@@H]1[C@@H]2CC[C@@]2(C)[C@H]1CCC2(O)C1C[C@H]2[C@@H]3CCC4=CC(=O)CC[C@]4(C)[C@H]3CC[C@]2(C)C1=O. The highest BCUT2D eigenvalue weighted by molar-refractivity contribution is 5.92. The highest BCUT2D eigenvalue weighted by Gasteiger charge is 2.71. The molecule has 12 atom stereocenters. The molecule has 228 valence electrons. The van der Waals surface area contributed by atoms with Crippen LogP contribution in [0.5, 0.6) is 0 Å². The van der Waals surface area contributed by atoms with Crippen molar-refractivity contribution in [3.05, 3.63) is 23.3 Å². The number of Topliss-reactive ketones (excluding diaryl/α,β-unsaturated/α-hetero) is 1. The molecule has 8 aliphatic carbocycles. The van der Waals surface area contributed by atoms with Gasteiger partial charge < -0.3 is 5.11 Å². The van der Waals surface area contributed by atoms with E-state index in [-0.39, 0.29) is 27.6 Å². The first kappa shape index (κ1) is 28.0. The van der Waals surface area contributed by atoms with Gasteiger partial charge in [-0.15, -0.1) is 0 Å². The quantitative estimate of drug-likeness (QED) is 0.352. The van der Waals surface area contributed by atoms with Gasteiger partial charge in [-0.1, -0.05) is 38.8 Å². The van der Waals surface area contributed by atoms with E-state index in [4.69, 9.17) is 0 Å². The van der Waals surface area contributed by atoms with Crippen molar-refractivity contribution < 1.29 is 19.5 Å². The summed E-state index contributed by atoms with van der Waals surface area (Å²) in [4.78, 5) is 39.2. The summed E-state index contributed by atoms with van der Waals surface area (Å²) < 4.78 is 0. The number of fused-ring (bicyclic) bond motifs is 10. The Bertz CT molecular complexity index is 1320. The van der Waals surface area contributed by atoms with Crippen molar-refractivity contribution in [1.29, 1.82) is 0 Å². The van der Waals surface area contributed by atoms with Crippen molar-refractivity contribution in [2.24, 2.45) is 63.1 Å². The average molecular weight is 573 g/mol. The summed E-state index contributed by atoms with van der Waals surface area (Å²) in [7, 11) is 0. The van der Waals surface area contributed by atoms with Gasteiger partial charge in [0.15, 0.2) is 11.6 Å². The molecule has 8 rings (SSSR count). The lowest BCUT2D eigenvalue weighted by atomic mass is 9.45. The second-order valence-electron chi connectivity index (χ2n) is 17.5. The summed E-state index contributed by atoms with van der Waals surface area (Å²) >= 11 is 0. The fourth-order valence-electron chi connectivity index (χ4n) is 14.0. The number of aliphatic hydroxyl groups is 1. The summed E-state index contributed by atoms with van der Waals surface area (Å²) in [5.74, 6) is 3.84. The van der Waals surface area contributed by atoms with Crippen LogP contribution in [-0.2, 0) is 14.4 Å². The first-order valence-corrected chi connectivity index (χ1v) is 17.6. The fraction of sp³-hybridized carbons (Fsp3) is 0.816. The largest absolute Gasteiger partial charge is 0.389 e. The number of allylic oxidation sites excluding steroid dienone is 2. The Kier molecular flexibility index (Phi) is 5.85. The number of carbonyl (C=O) groups is 3. The number of rotatable bonds is 1. The van der Waals surface area contributed by atoms with Crippen LogP contribution in [0.15, 0.2) is 23.3 Å². The van der Waals surface area contributed by atoms with E-state index in [1.807, 2.05) is 12.2 Å². The molecule has 0 spiro atoms. The topological polar surface area (TPSA) is 71.4 Å². The predicted octanol–water partition coefficient (Wildman–Crippen LogP) is 7.58. The molecule has 0 heterocycles. The Morgan fingerprint density at radius 3 is 1.71 bits per heavy atom. The standard InChI is InChI=1S/C38H52O4/c1-34-14-9-24(39)20-23(34)6-8-27-28(34)11-16-36(3)31(27)21-32(33(36)41)38(42)18-13-30-26-7-5-22-19-25(40)10-15-35(22,2)29(26)12-17-37(30,38)4/h19-20,26-32,42H,5-18,21H2,1-4H3/t26-,27-,28+,29+,30+,31+,32?,34+,35+,36+,37+,38?/m1/s1. The van der Waals surface area contributed by atoms with Gasteiger partial charge in [0.25, 0.3) is 0 Å². The average Bonchev–Trinajstić information content (AvgIpc) is 3.39. The van der Waals surface area contributed by atoms with Gasteiger partial charge in [0, 0.05) is 29.6 Å². The van der Waals surface area contributed by atoms with E-state index in [1.54, 1.807) is 0 Å². The third kappa shape index (κ3) is 3.32. The van der Waals surface area contributed by atoms with E-state index < -0.39 is 5.60 Å². The van der Waals surface area contributed by atoms with Crippen molar-refractivity contribution in [1.82, 2.24) is 0 Å². The van der Waals surface area contributed by atoms with Crippen molar-refractivity contribution in [2.45, 2.75) is 130 Å². The summed E-state index contributed by atoms with van der Waals surface area (Å²) in [5.41, 5.74) is 1.58. The highest BCUT2D eigenvalue weighted by Crippen LogP contribution is 2.72. The molecule has 0 aromatic rings. The molecule has 8 aliphatic rings. The van der Waals surface area contributed by atoms with E-state index in [0.29, 0.717) is 65.7 Å². The van der Waals surface area contributed by atoms with Crippen molar-refractivity contribution in [3.8, 4) is 0 Å². The Hall–Kier alpha value is -1.55. The zero-order chi connectivity index (χ0) is 29.4. The third-order valence-electron chi connectivity index (χ3n) is 16.5. The van der Waals surface area contributed by atoms with Crippen molar-refractivity contribution in [3.63, 3.8) is 0 Å². The molecule has 1 N–H and O–H groups in total. The van der Waals surface area contributed by atoms with Crippen LogP contribution in [0.2, 0.25) is 0 Å². The molecule has 42 heavy (non-hydrogen) atoms. The Balaban J connectivity index is 1.09. The Labute approximate surface area is 252 Å². The second-order valence-corrected chi connectivity index (χ2v) is 17.5. The van der Waals surface area contributed by atoms with Crippen molar-refractivity contribution >= 4 is 17.3 Å². The maximum absolute atomic E-state index is 14.6. The van der Waals surface area contributed by atoms with E-state index >= 15 is 0 Å². The van der Waals surface area contributed by atoms with Crippen LogP contribution >= 0.6 is 0 Å².